The molecule has 0 radical (unpaired) electrons. The first-order valence-electron chi connectivity index (χ1n) is 7.26. The summed E-state index contributed by atoms with van der Waals surface area (Å²) in [5.74, 6) is 0.709. The van der Waals surface area contributed by atoms with Crippen molar-refractivity contribution in [1.29, 1.82) is 0 Å². The van der Waals surface area contributed by atoms with Gasteiger partial charge < -0.3 is 5.73 Å². The van der Waals surface area contributed by atoms with Crippen LogP contribution in [0.3, 0.4) is 0 Å². The summed E-state index contributed by atoms with van der Waals surface area (Å²) < 4.78 is 27.5. The molecular weight excluding hydrogens is 272 g/mol. The Morgan fingerprint density at radius 1 is 1.15 bits per heavy atom. The maximum Gasteiger partial charge on any atom is 0.240 e. The minimum atomic E-state index is -3.41. The average Bonchev–Trinajstić information content (AvgIpc) is 2.41. The molecular formula is C15H24N2O2S. The van der Waals surface area contributed by atoms with Crippen LogP contribution in [-0.2, 0) is 10.0 Å². The second-order valence-corrected chi connectivity index (χ2v) is 7.65. The van der Waals surface area contributed by atoms with Gasteiger partial charge in [-0.25, -0.2) is 13.1 Å². The summed E-state index contributed by atoms with van der Waals surface area (Å²) in [5.41, 5.74) is 6.71. The Balaban J connectivity index is 2.06. The molecule has 0 aliphatic heterocycles. The van der Waals surface area contributed by atoms with E-state index < -0.39 is 10.0 Å². The predicted octanol–water partition coefficient (Wildman–Crippen LogP) is 2.56. The van der Waals surface area contributed by atoms with Crippen LogP contribution in [0, 0.1) is 5.92 Å². The fraction of sp³-hybridized carbons (Fsp3) is 0.600. The van der Waals surface area contributed by atoms with E-state index in [1.54, 1.807) is 24.3 Å². The summed E-state index contributed by atoms with van der Waals surface area (Å²) in [4.78, 5) is 0.320. The van der Waals surface area contributed by atoms with E-state index in [4.69, 9.17) is 5.73 Å². The zero-order valence-electron chi connectivity index (χ0n) is 12.2. The molecule has 1 atom stereocenters. The number of benzene rings is 1. The molecule has 1 aliphatic rings. The van der Waals surface area contributed by atoms with E-state index in [0.717, 1.165) is 31.2 Å². The topological polar surface area (TPSA) is 72.2 Å². The molecule has 3 N–H and O–H groups in total. The lowest BCUT2D eigenvalue weighted by molar-refractivity contribution is 0.332. The highest BCUT2D eigenvalue weighted by atomic mass is 32.2. The number of nitrogens with two attached hydrogens (primary N) is 1. The number of sulfonamides is 1. The standard InChI is InChI=1S/C15H24N2O2S/c1-11-3-7-14(8-4-11)17-20(18,19)15-9-5-13(6-10-15)12(2)16/h5-6,9-12,14,17H,3-4,7-8,16H2,1-2H3. The van der Waals surface area contributed by atoms with Gasteiger partial charge in [0, 0.05) is 12.1 Å². The Kier molecular flexibility index (Phi) is 4.83. The lowest BCUT2D eigenvalue weighted by atomic mass is 9.88. The van der Waals surface area contributed by atoms with Gasteiger partial charge >= 0.3 is 0 Å². The van der Waals surface area contributed by atoms with Crippen molar-refractivity contribution in [1.82, 2.24) is 4.72 Å². The van der Waals surface area contributed by atoms with Crippen molar-refractivity contribution in [2.45, 2.75) is 56.5 Å². The molecule has 1 aromatic rings. The highest BCUT2D eigenvalue weighted by Crippen LogP contribution is 2.25. The van der Waals surface area contributed by atoms with E-state index >= 15 is 0 Å². The molecule has 1 fully saturated rings. The van der Waals surface area contributed by atoms with Crippen molar-refractivity contribution in [3.05, 3.63) is 29.8 Å². The number of rotatable bonds is 4. The molecule has 1 unspecified atom stereocenters. The molecule has 0 aromatic heterocycles. The second-order valence-electron chi connectivity index (χ2n) is 5.94. The zero-order chi connectivity index (χ0) is 14.8. The summed E-state index contributed by atoms with van der Waals surface area (Å²) in [6, 6.07) is 6.81. The fourth-order valence-electron chi connectivity index (χ4n) is 2.62. The average molecular weight is 296 g/mol. The zero-order valence-corrected chi connectivity index (χ0v) is 13.0. The van der Waals surface area contributed by atoms with Crippen molar-refractivity contribution >= 4 is 10.0 Å². The minimum Gasteiger partial charge on any atom is -0.324 e. The largest absolute Gasteiger partial charge is 0.324 e. The van der Waals surface area contributed by atoms with E-state index in [9.17, 15) is 8.42 Å². The summed E-state index contributed by atoms with van der Waals surface area (Å²) in [7, 11) is -3.41. The number of hydrogen-bond acceptors (Lipinski definition) is 3. The maximum atomic E-state index is 12.3. The fourth-order valence-corrected chi connectivity index (χ4v) is 3.92. The first-order chi connectivity index (χ1) is 9.38. The first kappa shape index (κ1) is 15.5. The second kappa shape index (κ2) is 6.24. The van der Waals surface area contributed by atoms with Gasteiger partial charge in [-0.05, 0) is 56.2 Å². The van der Waals surface area contributed by atoms with Crippen molar-refractivity contribution in [3.8, 4) is 0 Å². The van der Waals surface area contributed by atoms with Crippen LogP contribution in [0.2, 0.25) is 0 Å². The van der Waals surface area contributed by atoms with E-state index in [1.165, 1.54) is 0 Å². The van der Waals surface area contributed by atoms with Crippen LogP contribution in [-0.4, -0.2) is 14.5 Å². The third-order valence-electron chi connectivity index (χ3n) is 4.05. The van der Waals surface area contributed by atoms with Gasteiger partial charge in [0.2, 0.25) is 10.0 Å². The first-order valence-corrected chi connectivity index (χ1v) is 8.74. The lowest BCUT2D eigenvalue weighted by Crippen LogP contribution is -2.37. The molecule has 0 heterocycles. The summed E-state index contributed by atoms with van der Waals surface area (Å²) >= 11 is 0. The van der Waals surface area contributed by atoms with Crippen molar-refractivity contribution in [2.75, 3.05) is 0 Å². The van der Waals surface area contributed by atoms with Crippen molar-refractivity contribution in [2.24, 2.45) is 11.7 Å². The van der Waals surface area contributed by atoms with Crippen molar-refractivity contribution < 1.29 is 8.42 Å². The molecule has 112 valence electrons. The van der Waals surface area contributed by atoms with Crippen LogP contribution < -0.4 is 10.5 Å². The summed E-state index contributed by atoms with van der Waals surface area (Å²) in [5, 5.41) is 0. The van der Waals surface area contributed by atoms with Crippen molar-refractivity contribution in [3.63, 3.8) is 0 Å². The Bertz CT molecular complexity index is 529. The van der Waals surface area contributed by atoms with Gasteiger partial charge in [-0.15, -0.1) is 0 Å². The van der Waals surface area contributed by atoms with Gasteiger partial charge in [0.25, 0.3) is 0 Å². The molecule has 2 rings (SSSR count). The van der Waals surface area contributed by atoms with Crippen LogP contribution >= 0.6 is 0 Å². The molecule has 20 heavy (non-hydrogen) atoms. The Hall–Kier alpha value is -0.910. The van der Waals surface area contributed by atoms with Gasteiger partial charge in [0.1, 0.15) is 0 Å². The molecule has 0 amide bonds. The van der Waals surface area contributed by atoms with Crippen LogP contribution in [0.4, 0.5) is 0 Å². The highest BCUT2D eigenvalue weighted by Gasteiger charge is 2.24. The molecule has 0 spiro atoms. The third-order valence-corrected chi connectivity index (χ3v) is 5.59. The highest BCUT2D eigenvalue weighted by molar-refractivity contribution is 7.89. The van der Waals surface area contributed by atoms with E-state index in [1.807, 2.05) is 6.92 Å². The molecule has 5 heteroatoms. The SMILES string of the molecule is CC1CCC(NS(=O)(=O)c2ccc(C(C)N)cc2)CC1. The monoisotopic (exact) mass is 296 g/mol. The van der Waals surface area contributed by atoms with E-state index in [2.05, 4.69) is 11.6 Å². The van der Waals surface area contributed by atoms with E-state index in [-0.39, 0.29) is 12.1 Å². The summed E-state index contributed by atoms with van der Waals surface area (Å²) in [6.07, 6.45) is 4.05. The van der Waals surface area contributed by atoms with Gasteiger partial charge in [0.15, 0.2) is 0 Å². The Labute approximate surface area is 121 Å². The Morgan fingerprint density at radius 3 is 2.20 bits per heavy atom. The molecule has 1 aliphatic carbocycles. The predicted molar refractivity (Wildman–Crippen MR) is 80.8 cm³/mol. The Morgan fingerprint density at radius 2 is 1.70 bits per heavy atom. The summed E-state index contributed by atoms with van der Waals surface area (Å²) in [6.45, 7) is 4.10. The molecule has 0 saturated heterocycles. The van der Waals surface area contributed by atoms with E-state index in [0.29, 0.717) is 10.8 Å². The maximum absolute atomic E-state index is 12.3. The van der Waals surface area contributed by atoms with Gasteiger partial charge in [-0.1, -0.05) is 19.1 Å². The quantitative estimate of drug-likeness (QED) is 0.897. The van der Waals surface area contributed by atoms with Crippen LogP contribution in [0.1, 0.15) is 51.1 Å². The molecule has 1 saturated carbocycles. The van der Waals surface area contributed by atoms with Crippen LogP contribution in [0.5, 0.6) is 0 Å². The number of nitrogens with one attached hydrogen (secondary N) is 1. The van der Waals surface area contributed by atoms with Gasteiger partial charge in [-0.3, -0.25) is 0 Å². The van der Waals surface area contributed by atoms with Crippen LogP contribution in [0.15, 0.2) is 29.2 Å². The molecule has 1 aromatic carbocycles. The normalized spacial score (nSPS) is 25.4. The molecule has 0 bridgehead atoms. The smallest absolute Gasteiger partial charge is 0.240 e. The molecule has 4 nitrogen and oxygen atoms in total. The third kappa shape index (κ3) is 3.81. The van der Waals surface area contributed by atoms with Gasteiger partial charge in [-0.2, -0.15) is 0 Å². The van der Waals surface area contributed by atoms with Crippen LogP contribution in [0.25, 0.3) is 0 Å². The lowest BCUT2D eigenvalue weighted by Gasteiger charge is -2.26. The minimum absolute atomic E-state index is 0.0734. The van der Waals surface area contributed by atoms with Gasteiger partial charge in [0.05, 0.1) is 4.90 Å². The number of hydrogen-bond donors (Lipinski definition) is 2.